The quantitative estimate of drug-likeness (QED) is 0.789. The summed E-state index contributed by atoms with van der Waals surface area (Å²) in [5.74, 6) is 0.405. The second kappa shape index (κ2) is 6.04. The van der Waals surface area contributed by atoms with Crippen LogP contribution >= 0.6 is 0 Å². The van der Waals surface area contributed by atoms with Crippen molar-refractivity contribution < 1.29 is 9.18 Å². The molecular weight excluding hydrogens is 367 g/mol. The van der Waals surface area contributed by atoms with Crippen molar-refractivity contribution in [1.29, 1.82) is 5.26 Å². The SMILES string of the molecule is Cn1nc(C(C)(C)CC(=O)N2C3CC4CC2CC(C#N)(C4)C3)c2c(F)cccc21. The normalized spacial score (nSPS) is 30.7. The van der Waals surface area contributed by atoms with Gasteiger partial charge in [0.05, 0.1) is 28.1 Å². The zero-order valence-electron chi connectivity index (χ0n) is 17.3. The van der Waals surface area contributed by atoms with Gasteiger partial charge in [-0.1, -0.05) is 19.9 Å². The molecule has 3 heterocycles. The van der Waals surface area contributed by atoms with Crippen LogP contribution < -0.4 is 0 Å². The lowest BCUT2D eigenvalue weighted by molar-refractivity contribution is -0.154. The smallest absolute Gasteiger partial charge is 0.224 e. The second-order valence-electron chi connectivity index (χ2n) is 10.1. The number of aryl methyl sites for hydroxylation is 1. The summed E-state index contributed by atoms with van der Waals surface area (Å²) in [5.41, 5.74) is 0.579. The van der Waals surface area contributed by atoms with E-state index in [1.807, 2.05) is 27.0 Å². The van der Waals surface area contributed by atoms with Crippen molar-refractivity contribution in [3.8, 4) is 6.07 Å². The summed E-state index contributed by atoms with van der Waals surface area (Å²) >= 11 is 0. The number of piperidine rings is 2. The minimum atomic E-state index is -0.583. The van der Waals surface area contributed by atoms with Gasteiger partial charge in [-0.2, -0.15) is 10.4 Å². The molecule has 2 aliphatic heterocycles. The fourth-order valence-electron chi connectivity index (χ4n) is 6.47. The van der Waals surface area contributed by atoms with Gasteiger partial charge >= 0.3 is 0 Å². The first-order chi connectivity index (χ1) is 13.7. The number of benzene rings is 1. The number of rotatable bonds is 3. The molecule has 4 bridgehead atoms. The van der Waals surface area contributed by atoms with Gasteiger partial charge in [-0.05, 0) is 50.2 Å². The van der Waals surface area contributed by atoms with Gasteiger partial charge in [0.15, 0.2) is 0 Å². The molecular formula is C23H27FN4O. The van der Waals surface area contributed by atoms with Crippen molar-refractivity contribution in [1.82, 2.24) is 14.7 Å². The van der Waals surface area contributed by atoms with Gasteiger partial charge in [-0.3, -0.25) is 9.48 Å². The summed E-state index contributed by atoms with van der Waals surface area (Å²) in [6, 6.07) is 7.94. The lowest BCUT2D eigenvalue weighted by Crippen LogP contribution is -2.63. The molecule has 6 rings (SSSR count). The number of hydrogen-bond donors (Lipinski definition) is 0. The van der Waals surface area contributed by atoms with E-state index in [4.69, 9.17) is 0 Å². The zero-order chi connectivity index (χ0) is 20.6. The number of nitrogens with zero attached hydrogens (tertiary/aromatic N) is 4. The van der Waals surface area contributed by atoms with Gasteiger partial charge in [0.2, 0.25) is 5.91 Å². The Morgan fingerprint density at radius 1 is 1.31 bits per heavy atom. The van der Waals surface area contributed by atoms with Crippen LogP contribution in [-0.4, -0.2) is 32.7 Å². The molecule has 2 saturated carbocycles. The molecule has 4 aliphatic rings. The van der Waals surface area contributed by atoms with Crippen LogP contribution in [0.25, 0.3) is 10.9 Å². The highest BCUT2D eigenvalue weighted by molar-refractivity contribution is 5.85. The minimum Gasteiger partial charge on any atom is -0.337 e. The van der Waals surface area contributed by atoms with E-state index in [1.54, 1.807) is 10.7 Å². The van der Waals surface area contributed by atoms with E-state index < -0.39 is 5.41 Å². The Hall–Kier alpha value is -2.42. The predicted molar refractivity (Wildman–Crippen MR) is 107 cm³/mol. The summed E-state index contributed by atoms with van der Waals surface area (Å²) in [7, 11) is 1.81. The van der Waals surface area contributed by atoms with Crippen LogP contribution in [0.4, 0.5) is 4.39 Å². The Balaban J connectivity index is 1.44. The first-order valence-corrected chi connectivity index (χ1v) is 10.6. The molecule has 1 amide bonds. The fourth-order valence-corrected chi connectivity index (χ4v) is 6.47. The number of carbonyl (C=O) groups is 1. The lowest BCUT2D eigenvalue weighted by Gasteiger charge is -2.59. The number of fused-ring (bicyclic) bond motifs is 1. The third-order valence-corrected chi connectivity index (χ3v) is 7.52. The molecule has 0 radical (unpaired) electrons. The van der Waals surface area contributed by atoms with E-state index in [0.29, 0.717) is 23.4 Å². The molecule has 0 N–H and O–H groups in total. The maximum Gasteiger partial charge on any atom is 0.224 e. The minimum absolute atomic E-state index is 0.118. The standard InChI is InChI=1S/C23H27FN4O/c1-22(2,21-20-17(24)5-4-6-18(20)27(3)26-21)12-19(29)28-15-7-14-8-16(28)11-23(9-14,10-15)13-25/h4-6,14-16H,7-12H2,1-3H3. The van der Waals surface area contributed by atoms with Crippen molar-refractivity contribution in [3.05, 3.63) is 29.7 Å². The highest BCUT2D eigenvalue weighted by atomic mass is 19.1. The molecule has 1 aromatic heterocycles. The van der Waals surface area contributed by atoms with Gasteiger partial charge in [-0.15, -0.1) is 0 Å². The van der Waals surface area contributed by atoms with Crippen LogP contribution in [0.5, 0.6) is 0 Å². The first kappa shape index (κ1) is 18.6. The van der Waals surface area contributed by atoms with Crippen LogP contribution in [0.2, 0.25) is 0 Å². The van der Waals surface area contributed by atoms with E-state index in [-0.39, 0.29) is 29.2 Å². The van der Waals surface area contributed by atoms with Crippen LogP contribution in [0.15, 0.2) is 18.2 Å². The molecule has 29 heavy (non-hydrogen) atoms. The van der Waals surface area contributed by atoms with E-state index in [0.717, 1.165) is 37.6 Å². The number of amides is 1. The monoisotopic (exact) mass is 394 g/mol. The van der Waals surface area contributed by atoms with E-state index in [9.17, 15) is 14.4 Å². The van der Waals surface area contributed by atoms with Crippen molar-refractivity contribution >= 4 is 16.8 Å². The molecule has 2 atom stereocenters. The van der Waals surface area contributed by atoms with Crippen LogP contribution in [0.1, 0.15) is 58.1 Å². The maximum atomic E-state index is 14.6. The Bertz CT molecular complexity index is 1030. The first-order valence-electron chi connectivity index (χ1n) is 10.6. The average Bonchev–Trinajstić information content (AvgIpc) is 3.00. The molecule has 6 heteroatoms. The van der Waals surface area contributed by atoms with Gasteiger partial charge in [-0.25, -0.2) is 4.39 Å². The number of nitriles is 1. The van der Waals surface area contributed by atoms with Gasteiger partial charge in [0.1, 0.15) is 5.82 Å². The highest BCUT2D eigenvalue weighted by Crippen LogP contribution is 2.56. The van der Waals surface area contributed by atoms with Crippen molar-refractivity contribution in [2.24, 2.45) is 18.4 Å². The molecule has 4 fully saturated rings. The molecule has 2 aliphatic carbocycles. The highest BCUT2D eigenvalue weighted by Gasteiger charge is 2.56. The molecule has 2 unspecified atom stereocenters. The van der Waals surface area contributed by atoms with Crippen molar-refractivity contribution in [2.75, 3.05) is 0 Å². The van der Waals surface area contributed by atoms with Gasteiger partial charge in [0, 0.05) is 31.0 Å². The average molecular weight is 394 g/mol. The maximum absolute atomic E-state index is 14.6. The summed E-state index contributed by atoms with van der Waals surface area (Å²) in [6.07, 6.45) is 4.96. The summed E-state index contributed by atoms with van der Waals surface area (Å²) in [6.45, 7) is 3.96. The largest absolute Gasteiger partial charge is 0.337 e. The lowest BCUT2D eigenvalue weighted by atomic mass is 9.56. The number of aromatic nitrogens is 2. The van der Waals surface area contributed by atoms with Crippen LogP contribution in [0.3, 0.4) is 0 Å². The topological polar surface area (TPSA) is 61.9 Å². The Morgan fingerprint density at radius 3 is 2.66 bits per heavy atom. The second-order valence-corrected chi connectivity index (χ2v) is 10.1. The Morgan fingerprint density at radius 2 is 2.00 bits per heavy atom. The summed E-state index contributed by atoms with van der Waals surface area (Å²) in [5, 5.41) is 14.8. The Labute approximate surface area is 170 Å². The van der Waals surface area contributed by atoms with E-state index in [1.165, 1.54) is 6.07 Å². The third kappa shape index (κ3) is 2.70. The summed E-state index contributed by atoms with van der Waals surface area (Å²) < 4.78 is 16.3. The molecule has 2 saturated heterocycles. The predicted octanol–water partition coefficient (Wildman–Crippen LogP) is 4.06. The third-order valence-electron chi connectivity index (χ3n) is 7.52. The van der Waals surface area contributed by atoms with Gasteiger partial charge < -0.3 is 4.90 Å². The van der Waals surface area contributed by atoms with Crippen LogP contribution in [-0.2, 0) is 17.3 Å². The van der Waals surface area contributed by atoms with E-state index >= 15 is 0 Å². The van der Waals surface area contributed by atoms with Crippen LogP contribution in [0, 0.1) is 28.5 Å². The number of carbonyl (C=O) groups excluding carboxylic acids is 1. The molecule has 0 spiro atoms. The molecule has 2 aromatic rings. The molecule has 1 aromatic carbocycles. The van der Waals surface area contributed by atoms with Crippen molar-refractivity contribution in [3.63, 3.8) is 0 Å². The molecule has 152 valence electrons. The van der Waals surface area contributed by atoms with E-state index in [2.05, 4.69) is 16.1 Å². The van der Waals surface area contributed by atoms with Gasteiger partial charge in [0.25, 0.3) is 0 Å². The number of hydrogen-bond acceptors (Lipinski definition) is 3. The Kier molecular flexibility index (Phi) is 3.87. The fraction of sp³-hybridized carbons (Fsp3) is 0.609. The summed E-state index contributed by atoms with van der Waals surface area (Å²) in [4.78, 5) is 15.5. The molecule has 5 nitrogen and oxygen atoms in total. The van der Waals surface area contributed by atoms with Crippen molar-refractivity contribution in [2.45, 2.75) is 69.9 Å². The zero-order valence-corrected chi connectivity index (χ0v) is 17.3. The number of halogens is 1.